The van der Waals surface area contributed by atoms with E-state index in [9.17, 15) is 9.90 Å². The van der Waals surface area contributed by atoms with Crippen molar-refractivity contribution in [3.8, 4) is 5.75 Å². The lowest BCUT2D eigenvalue weighted by Crippen LogP contribution is -2.50. The standard InChI is InChI=1S/C18H21N3O2/c1-14-5-4-6-15(13-14)20-9-11-21(12-10-20)18(23)19-16-7-2-3-8-17(16)22/h2-8,13,22H,9-12H2,1H3,(H,19,23). The maximum atomic E-state index is 12.3. The highest BCUT2D eigenvalue weighted by atomic mass is 16.3. The fraction of sp³-hybridized carbons (Fsp3) is 0.278. The average Bonchev–Trinajstić information content (AvgIpc) is 2.57. The average molecular weight is 311 g/mol. The summed E-state index contributed by atoms with van der Waals surface area (Å²) in [5, 5.41) is 12.5. The third-order valence-corrected chi connectivity index (χ3v) is 4.08. The number of aromatic hydroxyl groups is 1. The van der Waals surface area contributed by atoms with Crippen LogP contribution in [-0.4, -0.2) is 42.2 Å². The van der Waals surface area contributed by atoms with Crippen LogP contribution in [0.3, 0.4) is 0 Å². The molecule has 5 nitrogen and oxygen atoms in total. The summed E-state index contributed by atoms with van der Waals surface area (Å²) in [7, 11) is 0. The van der Waals surface area contributed by atoms with E-state index in [1.807, 2.05) is 0 Å². The third-order valence-electron chi connectivity index (χ3n) is 4.08. The number of hydrogen-bond donors (Lipinski definition) is 2. The summed E-state index contributed by atoms with van der Waals surface area (Å²) in [6.07, 6.45) is 0. The minimum atomic E-state index is -0.171. The third kappa shape index (κ3) is 3.56. The van der Waals surface area contributed by atoms with Crippen molar-refractivity contribution in [3.05, 3.63) is 54.1 Å². The van der Waals surface area contributed by atoms with E-state index < -0.39 is 0 Å². The number of urea groups is 1. The summed E-state index contributed by atoms with van der Waals surface area (Å²) >= 11 is 0. The Morgan fingerprint density at radius 2 is 1.78 bits per heavy atom. The Hall–Kier alpha value is -2.69. The second-order valence-electron chi connectivity index (χ2n) is 5.76. The Kier molecular flexibility index (Phi) is 4.37. The van der Waals surface area contributed by atoms with Gasteiger partial charge in [-0.25, -0.2) is 4.79 Å². The van der Waals surface area contributed by atoms with Gasteiger partial charge in [0.05, 0.1) is 5.69 Å². The number of anilines is 2. The molecule has 0 saturated carbocycles. The van der Waals surface area contributed by atoms with Crippen LogP contribution in [-0.2, 0) is 0 Å². The zero-order valence-corrected chi connectivity index (χ0v) is 13.2. The van der Waals surface area contributed by atoms with Gasteiger partial charge in [-0.05, 0) is 36.8 Å². The number of aryl methyl sites for hydroxylation is 1. The zero-order chi connectivity index (χ0) is 16.2. The summed E-state index contributed by atoms with van der Waals surface area (Å²) in [5.74, 6) is 0.0826. The molecule has 0 aromatic heterocycles. The van der Waals surface area contributed by atoms with E-state index in [0.717, 1.165) is 13.1 Å². The van der Waals surface area contributed by atoms with E-state index in [2.05, 4.69) is 41.4 Å². The van der Waals surface area contributed by atoms with Gasteiger partial charge in [-0.15, -0.1) is 0 Å². The molecule has 2 N–H and O–H groups in total. The molecule has 23 heavy (non-hydrogen) atoms. The van der Waals surface area contributed by atoms with Gasteiger partial charge < -0.3 is 20.2 Å². The first-order valence-corrected chi connectivity index (χ1v) is 7.79. The fourth-order valence-electron chi connectivity index (χ4n) is 2.77. The molecule has 0 radical (unpaired) electrons. The molecule has 5 heteroatoms. The Morgan fingerprint density at radius 3 is 2.48 bits per heavy atom. The predicted octanol–water partition coefficient (Wildman–Crippen LogP) is 3.05. The summed E-state index contributed by atoms with van der Waals surface area (Å²) in [4.78, 5) is 16.4. The number of amides is 2. The number of carbonyl (C=O) groups is 1. The monoisotopic (exact) mass is 311 g/mol. The topological polar surface area (TPSA) is 55.8 Å². The van der Waals surface area contributed by atoms with Gasteiger partial charge in [0.15, 0.2) is 0 Å². The summed E-state index contributed by atoms with van der Waals surface area (Å²) < 4.78 is 0. The number of piperazine rings is 1. The van der Waals surface area contributed by atoms with Crippen molar-refractivity contribution in [3.63, 3.8) is 0 Å². The Balaban J connectivity index is 1.58. The molecular weight excluding hydrogens is 290 g/mol. The van der Waals surface area contributed by atoms with E-state index in [4.69, 9.17) is 0 Å². The second kappa shape index (κ2) is 6.60. The van der Waals surface area contributed by atoms with Crippen LogP contribution >= 0.6 is 0 Å². The molecule has 1 fully saturated rings. The van der Waals surface area contributed by atoms with Gasteiger partial charge in [-0.1, -0.05) is 24.3 Å². The van der Waals surface area contributed by atoms with Crippen LogP contribution in [0.25, 0.3) is 0 Å². The zero-order valence-electron chi connectivity index (χ0n) is 13.2. The van der Waals surface area contributed by atoms with E-state index in [1.165, 1.54) is 11.3 Å². The Bertz CT molecular complexity index is 694. The number of nitrogens with one attached hydrogen (secondary N) is 1. The largest absolute Gasteiger partial charge is 0.506 e. The number of nitrogens with zero attached hydrogens (tertiary/aromatic N) is 2. The van der Waals surface area contributed by atoms with Crippen LogP contribution in [0.1, 0.15) is 5.56 Å². The Morgan fingerprint density at radius 1 is 1.04 bits per heavy atom. The van der Waals surface area contributed by atoms with E-state index in [0.29, 0.717) is 18.8 Å². The van der Waals surface area contributed by atoms with Crippen LogP contribution in [0.4, 0.5) is 16.2 Å². The van der Waals surface area contributed by atoms with Crippen molar-refractivity contribution in [2.75, 3.05) is 36.4 Å². The molecule has 2 aromatic rings. The second-order valence-corrected chi connectivity index (χ2v) is 5.76. The molecule has 0 spiro atoms. The maximum absolute atomic E-state index is 12.3. The van der Waals surface area contributed by atoms with Crippen molar-refractivity contribution >= 4 is 17.4 Å². The number of rotatable bonds is 2. The molecule has 120 valence electrons. The first-order chi connectivity index (χ1) is 11.1. The lowest BCUT2D eigenvalue weighted by atomic mass is 10.2. The van der Waals surface area contributed by atoms with Crippen LogP contribution in [0.15, 0.2) is 48.5 Å². The van der Waals surface area contributed by atoms with Gasteiger partial charge >= 0.3 is 6.03 Å². The number of phenolic OH excluding ortho intramolecular Hbond substituents is 1. The molecule has 0 unspecified atom stereocenters. The molecule has 0 aliphatic carbocycles. The van der Waals surface area contributed by atoms with Gasteiger partial charge in [0.1, 0.15) is 5.75 Å². The molecular formula is C18H21N3O2. The normalized spacial score (nSPS) is 14.7. The number of benzene rings is 2. The quantitative estimate of drug-likeness (QED) is 0.838. The smallest absolute Gasteiger partial charge is 0.322 e. The minimum Gasteiger partial charge on any atom is -0.506 e. The highest BCUT2D eigenvalue weighted by Gasteiger charge is 2.21. The van der Waals surface area contributed by atoms with Crippen LogP contribution in [0.2, 0.25) is 0 Å². The van der Waals surface area contributed by atoms with E-state index >= 15 is 0 Å². The first-order valence-electron chi connectivity index (χ1n) is 7.79. The molecule has 2 aromatic carbocycles. The molecule has 0 bridgehead atoms. The maximum Gasteiger partial charge on any atom is 0.322 e. The first kappa shape index (κ1) is 15.2. The number of para-hydroxylation sites is 2. The van der Waals surface area contributed by atoms with Crippen LogP contribution in [0, 0.1) is 6.92 Å². The highest BCUT2D eigenvalue weighted by Crippen LogP contribution is 2.22. The van der Waals surface area contributed by atoms with Gasteiger partial charge in [-0.3, -0.25) is 0 Å². The minimum absolute atomic E-state index is 0.0826. The van der Waals surface area contributed by atoms with Gasteiger partial charge in [0.2, 0.25) is 0 Å². The molecule has 1 aliphatic heterocycles. The molecule has 1 heterocycles. The predicted molar refractivity (Wildman–Crippen MR) is 92.1 cm³/mol. The van der Waals surface area contributed by atoms with Crippen LogP contribution in [0.5, 0.6) is 5.75 Å². The van der Waals surface area contributed by atoms with Crippen molar-refractivity contribution in [2.24, 2.45) is 0 Å². The van der Waals surface area contributed by atoms with E-state index in [1.54, 1.807) is 29.2 Å². The summed E-state index contributed by atoms with van der Waals surface area (Å²) in [6.45, 7) is 5.01. The van der Waals surface area contributed by atoms with E-state index in [-0.39, 0.29) is 11.8 Å². The summed E-state index contributed by atoms with van der Waals surface area (Å²) in [6, 6.07) is 15.0. The Labute approximate surface area is 136 Å². The molecule has 1 aliphatic rings. The highest BCUT2D eigenvalue weighted by molar-refractivity contribution is 5.91. The number of carbonyl (C=O) groups excluding carboxylic acids is 1. The van der Waals surface area contributed by atoms with Crippen molar-refractivity contribution in [2.45, 2.75) is 6.92 Å². The molecule has 2 amide bonds. The fourth-order valence-corrected chi connectivity index (χ4v) is 2.77. The number of phenols is 1. The lowest BCUT2D eigenvalue weighted by Gasteiger charge is -2.36. The van der Waals surface area contributed by atoms with Gasteiger partial charge in [0, 0.05) is 31.9 Å². The lowest BCUT2D eigenvalue weighted by molar-refractivity contribution is 0.208. The van der Waals surface area contributed by atoms with Gasteiger partial charge in [0.25, 0.3) is 0 Å². The van der Waals surface area contributed by atoms with Crippen molar-refractivity contribution in [1.82, 2.24) is 4.90 Å². The van der Waals surface area contributed by atoms with Gasteiger partial charge in [-0.2, -0.15) is 0 Å². The SMILES string of the molecule is Cc1cccc(N2CCN(C(=O)Nc3ccccc3O)CC2)c1. The van der Waals surface area contributed by atoms with Crippen molar-refractivity contribution < 1.29 is 9.90 Å². The summed E-state index contributed by atoms with van der Waals surface area (Å²) in [5.41, 5.74) is 2.88. The van der Waals surface area contributed by atoms with Crippen molar-refractivity contribution in [1.29, 1.82) is 0 Å². The van der Waals surface area contributed by atoms with Crippen LogP contribution < -0.4 is 10.2 Å². The molecule has 3 rings (SSSR count). The number of hydrogen-bond acceptors (Lipinski definition) is 3. The molecule has 1 saturated heterocycles. The molecule has 0 atom stereocenters.